The van der Waals surface area contributed by atoms with Gasteiger partial charge < -0.3 is 14.2 Å². The summed E-state index contributed by atoms with van der Waals surface area (Å²) in [4.78, 5) is 23.9. The number of amides is 1. The lowest BCUT2D eigenvalue weighted by Gasteiger charge is -2.11. The monoisotopic (exact) mass is 418 g/mol. The molecule has 0 spiro atoms. The van der Waals surface area contributed by atoms with Gasteiger partial charge in [0.2, 0.25) is 0 Å². The quantitative estimate of drug-likeness (QED) is 0.248. The first-order chi connectivity index (χ1) is 15.2. The van der Waals surface area contributed by atoms with Crippen LogP contribution in [-0.2, 0) is 4.74 Å². The van der Waals surface area contributed by atoms with Gasteiger partial charge in [-0.15, -0.1) is 0 Å². The highest BCUT2D eigenvalue weighted by atomic mass is 16.5. The zero-order valence-corrected chi connectivity index (χ0v) is 17.0. The topological polar surface area (TPSA) is 86.2 Å². The molecule has 158 valence electrons. The molecule has 0 aliphatic heterocycles. The highest BCUT2D eigenvalue weighted by Crippen LogP contribution is 2.18. The van der Waals surface area contributed by atoms with Crippen LogP contribution in [0.2, 0.25) is 0 Å². The van der Waals surface area contributed by atoms with Crippen molar-refractivity contribution < 1.29 is 23.8 Å². The fourth-order valence-corrected chi connectivity index (χ4v) is 2.66. The van der Waals surface area contributed by atoms with Gasteiger partial charge in [-0.2, -0.15) is 5.10 Å². The van der Waals surface area contributed by atoms with Gasteiger partial charge in [-0.05, 0) is 42.0 Å². The highest BCUT2D eigenvalue weighted by molar-refractivity contribution is 5.97. The van der Waals surface area contributed by atoms with Crippen LogP contribution in [0.1, 0.15) is 26.3 Å². The number of nitrogens with zero attached hydrogens (tertiary/aromatic N) is 1. The first kappa shape index (κ1) is 21.6. The smallest absolute Gasteiger partial charge is 0.337 e. The average molecular weight is 418 g/mol. The molecule has 0 aliphatic rings. The van der Waals surface area contributed by atoms with Gasteiger partial charge in [0, 0.05) is 0 Å². The van der Waals surface area contributed by atoms with Gasteiger partial charge in [0.15, 0.2) is 0 Å². The van der Waals surface area contributed by atoms with Crippen LogP contribution in [-0.4, -0.2) is 38.4 Å². The Balaban J connectivity index is 1.53. The van der Waals surface area contributed by atoms with E-state index in [1.165, 1.54) is 13.3 Å². The Bertz CT molecular complexity index is 1030. The molecule has 0 radical (unpaired) electrons. The third kappa shape index (κ3) is 6.43. The second kappa shape index (κ2) is 11.2. The Hall–Kier alpha value is -4.13. The minimum Gasteiger partial charge on any atom is -0.490 e. The van der Waals surface area contributed by atoms with E-state index in [0.29, 0.717) is 23.5 Å². The number of nitrogens with one attached hydrogen (secondary N) is 1. The van der Waals surface area contributed by atoms with Crippen LogP contribution in [0.15, 0.2) is 84.0 Å². The number of esters is 1. The normalized spacial score (nSPS) is 10.5. The lowest BCUT2D eigenvalue weighted by atomic mass is 10.1. The molecule has 7 nitrogen and oxygen atoms in total. The van der Waals surface area contributed by atoms with Crippen molar-refractivity contribution in [3.05, 3.63) is 95.6 Å². The summed E-state index contributed by atoms with van der Waals surface area (Å²) in [5, 5.41) is 3.97. The van der Waals surface area contributed by atoms with E-state index in [1.54, 1.807) is 48.5 Å². The number of hydrogen-bond acceptors (Lipinski definition) is 6. The number of benzene rings is 3. The number of hydrogen-bond donors (Lipinski definition) is 1. The third-order valence-electron chi connectivity index (χ3n) is 4.20. The Kier molecular flexibility index (Phi) is 7.77. The molecule has 0 fully saturated rings. The minimum absolute atomic E-state index is 0.287. The molecule has 0 aliphatic carbocycles. The van der Waals surface area contributed by atoms with Crippen molar-refractivity contribution in [1.82, 2.24) is 5.43 Å². The number of ether oxygens (including phenoxy) is 3. The number of carbonyl (C=O) groups is 2. The van der Waals surface area contributed by atoms with Gasteiger partial charge in [-0.3, -0.25) is 4.79 Å². The number of hydrazone groups is 1. The van der Waals surface area contributed by atoms with E-state index in [1.807, 2.05) is 30.3 Å². The Morgan fingerprint density at radius 1 is 0.871 bits per heavy atom. The number of methoxy groups -OCH3 is 1. The van der Waals surface area contributed by atoms with E-state index >= 15 is 0 Å². The van der Waals surface area contributed by atoms with Crippen molar-refractivity contribution in [2.45, 2.75) is 0 Å². The van der Waals surface area contributed by atoms with Gasteiger partial charge >= 0.3 is 5.97 Å². The second-order valence-corrected chi connectivity index (χ2v) is 6.32. The van der Waals surface area contributed by atoms with Gasteiger partial charge in [0.1, 0.15) is 24.7 Å². The zero-order valence-electron chi connectivity index (χ0n) is 17.0. The summed E-state index contributed by atoms with van der Waals surface area (Å²) in [6.45, 7) is 0.634. The van der Waals surface area contributed by atoms with E-state index in [9.17, 15) is 9.59 Å². The predicted octanol–water partition coefficient (Wildman–Crippen LogP) is 3.69. The average Bonchev–Trinajstić information content (AvgIpc) is 2.82. The standard InChI is InChI=1S/C24H22N2O5/c1-29-24(28)19-13-11-18(12-14-19)17-25-26-23(27)21-9-5-6-10-22(21)31-16-15-30-20-7-3-2-4-8-20/h2-14,17H,15-16H2,1H3,(H,26,27)/b25-17-. The molecule has 0 aromatic heterocycles. The van der Waals surface area contributed by atoms with Crippen molar-refractivity contribution in [2.24, 2.45) is 5.10 Å². The summed E-state index contributed by atoms with van der Waals surface area (Å²) in [6, 6.07) is 23.0. The maximum absolute atomic E-state index is 12.5. The molecule has 0 unspecified atom stereocenters. The first-order valence-corrected chi connectivity index (χ1v) is 9.59. The lowest BCUT2D eigenvalue weighted by molar-refractivity contribution is 0.0600. The molecule has 0 atom stereocenters. The van der Waals surface area contributed by atoms with Crippen molar-refractivity contribution in [1.29, 1.82) is 0 Å². The number of rotatable bonds is 9. The molecule has 0 saturated carbocycles. The first-order valence-electron chi connectivity index (χ1n) is 9.59. The van der Waals surface area contributed by atoms with E-state index in [2.05, 4.69) is 15.3 Å². The summed E-state index contributed by atoms with van der Waals surface area (Å²) in [5.74, 6) is 0.380. The summed E-state index contributed by atoms with van der Waals surface area (Å²) in [7, 11) is 1.32. The fraction of sp³-hybridized carbons (Fsp3) is 0.125. The molecular formula is C24H22N2O5. The van der Waals surface area contributed by atoms with E-state index in [0.717, 1.165) is 11.3 Å². The third-order valence-corrected chi connectivity index (χ3v) is 4.20. The van der Waals surface area contributed by atoms with Crippen LogP contribution >= 0.6 is 0 Å². The van der Waals surface area contributed by atoms with Crippen LogP contribution in [0, 0.1) is 0 Å². The largest absolute Gasteiger partial charge is 0.490 e. The SMILES string of the molecule is COC(=O)c1ccc(/C=N\NC(=O)c2ccccc2OCCOc2ccccc2)cc1. The molecule has 31 heavy (non-hydrogen) atoms. The van der Waals surface area contributed by atoms with Crippen molar-refractivity contribution in [2.75, 3.05) is 20.3 Å². The molecule has 0 saturated heterocycles. The summed E-state index contributed by atoms with van der Waals surface area (Å²) in [5.41, 5.74) is 4.00. The Labute approximate surface area is 180 Å². The summed E-state index contributed by atoms with van der Waals surface area (Å²) < 4.78 is 16.0. The Morgan fingerprint density at radius 2 is 1.55 bits per heavy atom. The zero-order chi connectivity index (χ0) is 21.9. The van der Waals surface area contributed by atoms with Crippen molar-refractivity contribution in [3.63, 3.8) is 0 Å². The lowest BCUT2D eigenvalue weighted by Crippen LogP contribution is -2.19. The fourth-order valence-electron chi connectivity index (χ4n) is 2.66. The van der Waals surface area contributed by atoms with Crippen LogP contribution in [0.25, 0.3) is 0 Å². The molecule has 3 aromatic rings. The summed E-state index contributed by atoms with van der Waals surface area (Å²) in [6.07, 6.45) is 1.48. The molecule has 7 heteroatoms. The van der Waals surface area contributed by atoms with Crippen molar-refractivity contribution in [3.8, 4) is 11.5 Å². The maximum Gasteiger partial charge on any atom is 0.337 e. The van der Waals surface area contributed by atoms with Crippen molar-refractivity contribution >= 4 is 18.1 Å². The molecule has 3 rings (SSSR count). The number of carbonyl (C=O) groups excluding carboxylic acids is 2. The van der Waals surface area contributed by atoms with E-state index in [4.69, 9.17) is 9.47 Å². The molecule has 1 N–H and O–H groups in total. The second-order valence-electron chi connectivity index (χ2n) is 6.32. The minimum atomic E-state index is -0.414. The van der Waals surface area contributed by atoms with Crippen LogP contribution < -0.4 is 14.9 Å². The van der Waals surface area contributed by atoms with Gasteiger partial charge in [-0.25, -0.2) is 10.2 Å². The molecule has 3 aromatic carbocycles. The van der Waals surface area contributed by atoms with Crippen LogP contribution in [0.3, 0.4) is 0 Å². The summed E-state index contributed by atoms with van der Waals surface area (Å²) >= 11 is 0. The predicted molar refractivity (Wildman–Crippen MR) is 117 cm³/mol. The van der Waals surface area contributed by atoms with Gasteiger partial charge in [0.25, 0.3) is 5.91 Å². The highest BCUT2D eigenvalue weighted by Gasteiger charge is 2.11. The van der Waals surface area contributed by atoms with Gasteiger partial charge in [0.05, 0.1) is 24.5 Å². The molecule has 0 bridgehead atoms. The van der Waals surface area contributed by atoms with Gasteiger partial charge in [-0.1, -0.05) is 42.5 Å². The maximum atomic E-state index is 12.5. The number of para-hydroxylation sites is 2. The van der Waals surface area contributed by atoms with E-state index < -0.39 is 11.9 Å². The Morgan fingerprint density at radius 3 is 2.29 bits per heavy atom. The van der Waals surface area contributed by atoms with Crippen LogP contribution in [0.4, 0.5) is 0 Å². The van der Waals surface area contributed by atoms with Crippen LogP contribution in [0.5, 0.6) is 11.5 Å². The van der Waals surface area contributed by atoms with E-state index in [-0.39, 0.29) is 6.61 Å². The molecule has 0 heterocycles. The molecular weight excluding hydrogens is 396 g/mol. The molecule has 1 amide bonds.